The maximum atomic E-state index is 11.2. The van der Waals surface area contributed by atoms with Crippen LogP contribution in [0.15, 0.2) is 12.7 Å². The van der Waals surface area contributed by atoms with Crippen molar-refractivity contribution in [3.05, 3.63) is 12.7 Å². The standard InChI is InChI=1S/C10H15NO4/c1-4-6-11(8(3)12)7-9(13)10(14)15-5-2/h4H,1,5-7H2,2-3H3. The molecule has 0 atom stereocenters. The van der Waals surface area contributed by atoms with Gasteiger partial charge in [0.05, 0.1) is 13.2 Å². The third kappa shape index (κ3) is 4.95. The zero-order valence-electron chi connectivity index (χ0n) is 8.99. The second-order valence-corrected chi connectivity index (χ2v) is 2.83. The van der Waals surface area contributed by atoms with Gasteiger partial charge >= 0.3 is 5.97 Å². The normalized spacial score (nSPS) is 9.20. The van der Waals surface area contributed by atoms with Crippen LogP contribution in [0.5, 0.6) is 0 Å². The molecule has 0 unspecified atom stereocenters. The number of hydrogen-bond donors (Lipinski definition) is 0. The highest BCUT2D eigenvalue weighted by Crippen LogP contribution is 1.92. The summed E-state index contributed by atoms with van der Waals surface area (Å²) in [5.41, 5.74) is 0. The molecule has 0 N–H and O–H groups in total. The number of carbonyl (C=O) groups excluding carboxylic acids is 3. The Morgan fingerprint density at radius 3 is 2.40 bits per heavy atom. The molecule has 0 heterocycles. The summed E-state index contributed by atoms with van der Waals surface area (Å²) in [5.74, 6) is -1.92. The Kier molecular flexibility index (Phi) is 6.01. The van der Waals surface area contributed by atoms with Crippen molar-refractivity contribution in [2.45, 2.75) is 13.8 Å². The zero-order chi connectivity index (χ0) is 11.8. The second kappa shape index (κ2) is 6.75. The van der Waals surface area contributed by atoms with Gasteiger partial charge in [0.25, 0.3) is 5.78 Å². The lowest BCUT2D eigenvalue weighted by Crippen LogP contribution is -2.37. The number of amides is 1. The van der Waals surface area contributed by atoms with Crippen LogP contribution in [0.25, 0.3) is 0 Å². The summed E-state index contributed by atoms with van der Waals surface area (Å²) in [7, 11) is 0. The fraction of sp³-hybridized carbons (Fsp3) is 0.500. The molecule has 0 aliphatic heterocycles. The van der Waals surface area contributed by atoms with Gasteiger partial charge in [0, 0.05) is 13.5 Å². The van der Waals surface area contributed by atoms with Gasteiger partial charge in [0.15, 0.2) is 0 Å². The lowest BCUT2D eigenvalue weighted by Gasteiger charge is -2.17. The molecule has 5 heteroatoms. The molecule has 0 saturated carbocycles. The molecule has 5 nitrogen and oxygen atoms in total. The number of rotatable bonds is 6. The third-order valence-corrected chi connectivity index (χ3v) is 1.63. The molecular formula is C10H15NO4. The van der Waals surface area contributed by atoms with Gasteiger partial charge in [-0.1, -0.05) is 6.08 Å². The summed E-state index contributed by atoms with van der Waals surface area (Å²) in [6, 6.07) is 0. The zero-order valence-corrected chi connectivity index (χ0v) is 8.99. The second-order valence-electron chi connectivity index (χ2n) is 2.83. The van der Waals surface area contributed by atoms with E-state index in [4.69, 9.17) is 0 Å². The average Bonchev–Trinajstić information content (AvgIpc) is 2.17. The van der Waals surface area contributed by atoms with Gasteiger partial charge in [0.2, 0.25) is 5.91 Å². The predicted octanol–water partition coefficient (Wildman–Crippen LogP) is 0.153. The first-order valence-corrected chi connectivity index (χ1v) is 4.59. The fourth-order valence-corrected chi connectivity index (χ4v) is 0.910. The smallest absolute Gasteiger partial charge is 0.376 e. The Labute approximate surface area is 88.7 Å². The lowest BCUT2D eigenvalue weighted by molar-refractivity contribution is -0.154. The van der Waals surface area contributed by atoms with Crippen LogP contribution in [0.3, 0.4) is 0 Å². The van der Waals surface area contributed by atoms with Gasteiger partial charge in [-0.15, -0.1) is 6.58 Å². The van der Waals surface area contributed by atoms with E-state index in [1.165, 1.54) is 17.9 Å². The van der Waals surface area contributed by atoms with E-state index in [1.807, 2.05) is 0 Å². The first-order chi connectivity index (χ1) is 7.02. The summed E-state index contributed by atoms with van der Waals surface area (Å²) < 4.78 is 4.51. The molecule has 0 aromatic carbocycles. The summed E-state index contributed by atoms with van der Waals surface area (Å²) in [6.07, 6.45) is 1.49. The molecule has 1 amide bonds. The summed E-state index contributed by atoms with van der Waals surface area (Å²) in [6.45, 7) is 6.50. The molecule has 0 aliphatic carbocycles. The van der Waals surface area contributed by atoms with Crippen molar-refractivity contribution in [1.82, 2.24) is 4.90 Å². The molecule has 0 bridgehead atoms. The largest absolute Gasteiger partial charge is 0.460 e. The Bertz CT molecular complexity index is 273. The number of ketones is 1. The van der Waals surface area contributed by atoms with Crippen molar-refractivity contribution < 1.29 is 19.1 Å². The van der Waals surface area contributed by atoms with Crippen LogP contribution in [0, 0.1) is 0 Å². The minimum atomic E-state index is -0.909. The molecule has 0 rings (SSSR count). The molecule has 0 spiro atoms. The first kappa shape index (κ1) is 13.4. The van der Waals surface area contributed by atoms with Crippen LogP contribution < -0.4 is 0 Å². The maximum Gasteiger partial charge on any atom is 0.376 e. The van der Waals surface area contributed by atoms with Gasteiger partial charge in [0.1, 0.15) is 0 Å². The van der Waals surface area contributed by atoms with Crippen LogP contribution in [0.4, 0.5) is 0 Å². The Morgan fingerprint density at radius 2 is 2.00 bits per heavy atom. The highest BCUT2D eigenvalue weighted by atomic mass is 16.5. The Hall–Kier alpha value is -1.65. The molecule has 0 aromatic rings. The molecule has 84 valence electrons. The molecular weight excluding hydrogens is 198 g/mol. The van der Waals surface area contributed by atoms with E-state index in [1.54, 1.807) is 6.92 Å². The molecule has 0 aliphatic rings. The molecule has 0 saturated heterocycles. The van der Waals surface area contributed by atoms with Gasteiger partial charge in [-0.3, -0.25) is 9.59 Å². The van der Waals surface area contributed by atoms with Crippen LogP contribution in [0.1, 0.15) is 13.8 Å². The van der Waals surface area contributed by atoms with Crippen molar-refractivity contribution in [3.63, 3.8) is 0 Å². The minimum Gasteiger partial charge on any atom is -0.460 e. The number of carbonyl (C=O) groups is 3. The summed E-state index contributed by atoms with van der Waals surface area (Å²) in [5, 5.41) is 0. The minimum absolute atomic E-state index is 0.145. The molecule has 0 radical (unpaired) electrons. The van der Waals surface area contributed by atoms with E-state index in [-0.39, 0.29) is 25.6 Å². The average molecular weight is 213 g/mol. The van der Waals surface area contributed by atoms with Crippen LogP contribution in [-0.2, 0) is 19.1 Å². The fourth-order valence-electron chi connectivity index (χ4n) is 0.910. The van der Waals surface area contributed by atoms with Crippen LogP contribution >= 0.6 is 0 Å². The van der Waals surface area contributed by atoms with Crippen LogP contribution in [0.2, 0.25) is 0 Å². The van der Waals surface area contributed by atoms with Crippen molar-refractivity contribution in [1.29, 1.82) is 0 Å². The van der Waals surface area contributed by atoms with E-state index in [0.717, 1.165) is 0 Å². The Morgan fingerprint density at radius 1 is 1.40 bits per heavy atom. The molecule has 0 fully saturated rings. The quantitative estimate of drug-likeness (QED) is 0.358. The molecule has 15 heavy (non-hydrogen) atoms. The van der Waals surface area contributed by atoms with E-state index < -0.39 is 11.8 Å². The SMILES string of the molecule is C=CCN(CC(=O)C(=O)OCC)C(C)=O. The van der Waals surface area contributed by atoms with Crippen LogP contribution in [-0.4, -0.2) is 42.3 Å². The molecule has 0 aromatic heterocycles. The number of hydrogen-bond acceptors (Lipinski definition) is 4. The van der Waals surface area contributed by atoms with E-state index in [2.05, 4.69) is 11.3 Å². The Balaban J connectivity index is 4.28. The summed E-state index contributed by atoms with van der Waals surface area (Å²) >= 11 is 0. The van der Waals surface area contributed by atoms with E-state index >= 15 is 0 Å². The van der Waals surface area contributed by atoms with Gasteiger partial charge in [-0.2, -0.15) is 0 Å². The predicted molar refractivity (Wildman–Crippen MR) is 54.1 cm³/mol. The topological polar surface area (TPSA) is 63.7 Å². The van der Waals surface area contributed by atoms with Crippen molar-refractivity contribution in [2.24, 2.45) is 0 Å². The monoisotopic (exact) mass is 213 g/mol. The summed E-state index contributed by atoms with van der Waals surface area (Å²) in [4.78, 5) is 34.4. The van der Waals surface area contributed by atoms with Gasteiger partial charge in [-0.25, -0.2) is 4.79 Å². The first-order valence-electron chi connectivity index (χ1n) is 4.59. The van der Waals surface area contributed by atoms with Gasteiger partial charge in [-0.05, 0) is 6.92 Å². The number of ether oxygens (including phenoxy) is 1. The number of nitrogens with zero attached hydrogens (tertiary/aromatic N) is 1. The number of esters is 1. The van der Waals surface area contributed by atoms with Crippen molar-refractivity contribution in [2.75, 3.05) is 19.7 Å². The maximum absolute atomic E-state index is 11.2. The van der Waals surface area contributed by atoms with Gasteiger partial charge < -0.3 is 9.64 Å². The lowest BCUT2D eigenvalue weighted by atomic mass is 10.3. The van der Waals surface area contributed by atoms with E-state index in [0.29, 0.717) is 0 Å². The third-order valence-electron chi connectivity index (χ3n) is 1.63. The van der Waals surface area contributed by atoms with Crippen molar-refractivity contribution in [3.8, 4) is 0 Å². The number of Topliss-reactive ketones (excluding diaryl/α,β-unsaturated/α-hetero) is 1. The highest BCUT2D eigenvalue weighted by Gasteiger charge is 2.19. The highest BCUT2D eigenvalue weighted by molar-refractivity contribution is 6.34. The van der Waals surface area contributed by atoms with Crippen molar-refractivity contribution >= 4 is 17.7 Å². The van der Waals surface area contributed by atoms with E-state index in [9.17, 15) is 14.4 Å².